The molecule has 2 aromatic carbocycles. The zero-order chi connectivity index (χ0) is 20.6. The number of nitrogens with zero attached hydrogens (tertiary/aromatic N) is 1. The van der Waals surface area contributed by atoms with Crippen molar-refractivity contribution in [3.05, 3.63) is 65.7 Å². The Labute approximate surface area is 169 Å². The van der Waals surface area contributed by atoms with Crippen LogP contribution in [0.15, 0.2) is 48.5 Å². The molecule has 5 nitrogen and oxygen atoms in total. The number of piperidine rings is 1. The van der Waals surface area contributed by atoms with E-state index in [0.717, 1.165) is 19.3 Å². The van der Waals surface area contributed by atoms with Crippen LogP contribution in [0.3, 0.4) is 0 Å². The molecule has 0 atom stereocenters. The van der Waals surface area contributed by atoms with E-state index in [1.54, 1.807) is 29.2 Å². The third kappa shape index (κ3) is 6.55. The highest BCUT2D eigenvalue weighted by Crippen LogP contribution is 2.21. The summed E-state index contributed by atoms with van der Waals surface area (Å²) in [6, 6.07) is 11.6. The number of likely N-dealkylation sites (tertiary alicyclic amines) is 1. The lowest BCUT2D eigenvalue weighted by molar-refractivity contribution is -0.120. The van der Waals surface area contributed by atoms with Crippen LogP contribution >= 0.6 is 0 Å². The lowest BCUT2D eigenvalue weighted by atomic mass is 9.93. The van der Waals surface area contributed by atoms with Crippen molar-refractivity contribution in [2.24, 2.45) is 5.92 Å². The molecule has 0 bridgehead atoms. The molecule has 1 fully saturated rings. The Hall–Kier alpha value is -2.96. The average Bonchev–Trinajstić information content (AvgIpc) is 2.68. The van der Waals surface area contributed by atoms with Gasteiger partial charge in [-0.05, 0) is 61.1 Å². The van der Waals surface area contributed by atoms with Crippen LogP contribution in [0.5, 0.6) is 0 Å². The molecule has 0 unspecified atom stereocenters. The number of hydrogen-bond donors (Lipinski definition) is 2. The fourth-order valence-electron chi connectivity index (χ4n) is 3.50. The van der Waals surface area contributed by atoms with Gasteiger partial charge >= 0.3 is 6.03 Å². The monoisotopic (exact) mass is 401 g/mol. The molecule has 1 heterocycles. The molecule has 1 saturated heterocycles. The predicted molar refractivity (Wildman–Crippen MR) is 107 cm³/mol. The molecule has 0 spiro atoms. The van der Waals surface area contributed by atoms with Gasteiger partial charge in [0.25, 0.3) is 0 Å². The number of halogens is 2. The second kappa shape index (κ2) is 10.0. The second-order valence-corrected chi connectivity index (χ2v) is 7.32. The zero-order valence-corrected chi connectivity index (χ0v) is 16.2. The molecule has 0 aromatic heterocycles. The first-order valence-corrected chi connectivity index (χ1v) is 9.82. The van der Waals surface area contributed by atoms with E-state index in [1.807, 2.05) is 0 Å². The molecule has 2 N–H and O–H groups in total. The fourth-order valence-corrected chi connectivity index (χ4v) is 3.50. The maximum atomic E-state index is 13.2. The highest BCUT2D eigenvalue weighted by Gasteiger charge is 2.22. The maximum Gasteiger partial charge on any atom is 0.321 e. The van der Waals surface area contributed by atoms with Crippen LogP contribution in [-0.4, -0.2) is 36.5 Å². The van der Waals surface area contributed by atoms with Gasteiger partial charge in [0.05, 0.1) is 6.42 Å². The van der Waals surface area contributed by atoms with Crippen molar-refractivity contribution < 1.29 is 18.4 Å². The highest BCUT2D eigenvalue weighted by molar-refractivity contribution is 5.89. The number of hydrogen-bond acceptors (Lipinski definition) is 2. The van der Waals surface area contributed by atoms with Crippen molar-refractivity contribution in [1.82, 2.24) is 10.2 Å². The predicted octanol–water partition coefficient (Wildman–Crippen LogP) is 3.96. The Morgan fingerprint density at radius 1 is 1.00 bits per heavy atom. The Morgan fingerprint density at radius 3 is 2.38 bits per heavy atom. The largest absolute Gasteiger partial charge is 0.356 e. The van der Waals surface area contributed by atoms with Gasteiger partial charge in [-0.15, -0.1) is 0 Å². The number of benzene rings is 2. The van der Waals surface area contributed by atoms with E-state index < -0.39 is 0 Å². The molecule has 7 heteroatoms. The van der Waals surface area contributed by atoms with Gasteiger partial charge in [0, 0.05) is 25.3 Å². The third-order valence-electron chi connectivity index (χ3n) is 5.11. The third-order valence-corrected chi connectivity index (χ3v) is 5.11. The first kappa shape index (κ1) is 20.8. The minimum Gasteiger partial charge on any atom is -0.356 e. The zero-order valence-electron chi connectivity index (χ0n) is 16.2. The van der Waals surface area contributed by atoms with E-state index in [9.17, 15) is 18.4 Å². The minimum absolute atomic E-state index is 0.123. The van der Waals surface area contributed by atoms with Crippen LogP contribution in [0, 0.1) is 17.6 Å². The summed E-state index contributed by atoms with van der Waals surface area (Å²) in [7, 11) is 0. The molecule has 3 rings (SSSR count). The Kier molecular flexibility index (Phi) is 7.16. The molecule has 29 heavy (non-hydrogen) atoms. The first-order valence-electron chi connectivity index (χ1n) is 9.82. The molecule has 0 aliphatic carbocycles. The minimum atomic E-state index is -0.388. The van der Waals surface area contributed by atoms with Gasteiger partial charge in [0.2, 0.25) is 5.91 Å². The van der Waals surface area contributed by atoms with E-state index in [0.29, 0.717) is 36.8 Å². The maximum absolute atomic E-state index is 13.2. The van der Waals surface area contributed by atoms with E-state index in [1.165, 1.54) is 24.3 Å². The van der Waals surface area contributed by atoms with Crippen molar-refractivity contribution in [2.75, 3.05) is 25.0 Å². The number of carbonyl (C=O) groups excluding carboxylic acids is 2. The summed E-state index contributed by atoms with van der Waals surface area (Å²) in [5.41, 5.74) is 1.10. The van der Waals surface area contributed by atoms with Gasteiger partial charge in [0.1, 0.15) is 11.6 Å². The van der Waals surface area contributed by atoms with Crippen LogP contribution in [-0.2, 0) is 11.2 Å². The van der Waals surface area contributed by atoms with Gasteiger partial charge in [-0.25, -0.2) is 13.6 Å². The molecular weight excluding hydrogens is 376 g/mol. The number of rotatable bonds is 6. The molecule has 0 radical (unpaired) electrons. The van der Waals surface area contributed by atoms with E-state index in [2.05, 4.69) is 10.6 Å². The summed E-state index contributed by atoms with van der Waals surface area (Å²) in [6.45, 7) is 1.82. The van der Waals surface area contributed by atoms with Crippen LogP contribution in [0.4, 0.5) is 19.3 Å². The number of anilines is 1. The Morgan fingerprint density at radius 2 is 1.69 bits per heavy atom. The van der Waals surface area contributed by atoms with Gasteiger partial charge < -0.3 is 15.5 Å². The van der Waals surface area contributed by atoms with Crippen molar-refractivity contribution >= 4 is 17.6 Å². The molecule has 154 valence electrons. The smallest absolute Gasteiger partial charge is 0.321 e. The quantitative estimate of drug-likeness (QED) is 0.770. The van der Waals surface area contributed by atoms with Gasteiger partial charge in [-0.2, -0.15) is 0 Å². The fraction of sp³-hybridized carbons (Fsp3) is 0.364. The number of nitrogens with one attached hydrogen (secondary N) is 2. The summed E-state index contributed by atoms with van der Waals surface area (Å²) in [5, 5.41) is 5.60. The lowest BCUT2D eigenvalue weighted by Gasteiger charge is -2.32. The SMILES string of the molecule is O=C(Cc1cccc(F)c1)NCCC1CCN(C(=O)Nc2cccc(F)c2)CC1. The molecule has 1 aliphatic heterocycles. The Balaban J connectivity index is 1.34. The van der Waals surface area contributed by atoms with Crippen LogP contribution in [0.25, 0.3) is 0 Å². The van der Waals surface area contributed by atoms with Crippen LogP contribution in [0.2, 0.25) is 0 Å². The number of carbonyl (C=O) groups is 2. The molecule has 3 amide bonds. The first-order chi connectivity index (χ1) is 14.0. The summed E-state index contributed by atoms with van der Waals surface area (Å²) in [6.07, 6.45) is 2.72. The summed E-state index contributed by atoms with van der Waals surface area (Å²) >= 11 is 0. The molecular formula is C22H25F2N3O2. The standard InChI is InChI=1S/C22H25F2N3O2/c23-18-4-1-3-17(13-18)14-21(28)25-10-7-16-8-11-27(12-9-16)22(29)26-20-6-2-5-19(24)15-20/h1-6,13,15-16H,7-12,14H2,(H,25,28)(H,26,29). The van der Waals surface area contributed by atoms with Crippen LogP contribution in [0.1, 0.15) is 24.8 Å². The van der Waals surface area contributed by atoms with Crippen molar-refractivity contribution in [3.63, 3.8) is 0 Å². The average molecular weight is 401 g/mol. The molecule has 1 aliphatic rings. The van der Waals surface area contributed by atoms with E-state index in [-0.39, 0.29) is 30.0 Å². The van der Waals surface area contributed by atoms with E-state index in [4.69, 9.17) is 0 Å². The van der Waals surface area contributed by atoms with Crippen LogP contribution < -0.4 is 10.6 Å². The molecule has 0 saturated carbocycles. The molecule has 2 aromatic rings. The summed E-state index contributed by atoms with van der Waals surface area (Å²) in [4.78, 5) is 26.0. The van der Waals surface area contributed by atoms with Crippen molar-refractivity contribution in [3.8, 4) is 0 Å². The van der Waals surface area contributed by atoms with Gasteiger partial charge in [-0.3, -0.25) is 4.79 Å². The summed E-state index contributed by atoms with van der Waals surface area (Å²) in [5.74, 6) is -0.422. The highest BCUT2D eigenvalue weighted by atomic mass is 19.1. The van der Waals surface area contributed by atoms with E-state index >= 15 is 0 Å². The number of amides is 3. The van der Waals surface area contributed by atoms with Crippen molar-refractivity contribution in [2.45, 2.75) is 25.7 Å². The lowest BCUT2D eigenvalue weighted by Crippen LogP contribution is -2.41. The van der Waals surface area contributed by atoms with Gasteiger partial charge in [-0.1, -0.05) is 18.2 Å². The topological polar surface area (TPSA) is 61.4 Å². The second-order valence-electron chi connectivity index (χ2n) is 7.32. The normalized spacial score (nSPS) is 14.5. The Bertz CT molecular complexity index is 849. The van der Waals surface area contributed by atoms with Crippen molar-refractivity contribution in [1.29, 1.82) is 0 Å². The number of urea groups is 1. The summed E-state index contributed by atoms with van der Waals surface area (Å²) < 4.78 is 26.4. The van der Waals surface area contributed by atoms with Gasteiger partial charge in [0.15, 0.2) is 0 Å².